The molecule has 0 aliphatic heterocycles. The van der Waals surface area contributed by atoms with Crippen LogP contribution in [0.15, 0.2) is 24.3 Å². The van der Waals surface area contributed by atoms with Gasteiger partial charge in [-0.3, -0.25) is 4.57 Å². The minimum Gasteiger partial charge on any atom is -0.376 e. The largest absolute Gasteiger partial charge is 0.376 e. The molecule has 0 bridgehead atoms. The number of aliphatic hydroxyl groups is 1. The van der Waals surface area contributed by atoms with E-state index in [9.17, 15) is 9.67 Å². The van der Waals surface area contributed by atoms with E-state index in [2.05, 4.69) is 0 Å². The molecule has 0 saturated heterocycles. The molecule has 1 aromatic rings. The van der Waals surface area contributed by atoms with Gasteiger partial charge in [-0.05, 0) is 38.8 Å². The van der Waals surface area contributed by atoms with E-state index in [-0.39, 0.29) is 12.2 Å². The summed E-state index contributed by atoms with van der Waals surface area (Å²) in [5.41, 5.74) is 1.41. The van der Waals surface area contributed by atoms with Crippen LogP contribution in [0.2, 0.25) is 0 Å². The Labute approximate surface area is 125 Å². The lowest BCUT2D eigenvalue weighted by Gasteiger charge is -2.27. The molecule has 4 nitrogen and oxygen atoms in total. The fourth-order valence-electron chi connectivity index (χ4n) is 1.69. The molecule has 0 aliphatic rings. The van der Waals surface area contributed by atoms with Crippen molar-refractivity contribution >= 4 is 19.2 Å². The van der Waals surface area contributed by atoms with Crippen molar-refractivity contribution in [2.24, 2.45) is 0 Å². The van der Waals surface area contributed by atoms with Crippen molar-refractivity contribution in [1.82, 2.24) is 0 Å². The fraction of sp³-hybridized carbons (Fsp3) is 0.571. The molecule has 0 heterocycles. The van der Waals surface area contributed by atoms with Crippen molar-refractivity contribution in [2.75, 3.05) is 0 Å². The monoisotopic (exact) mass is 320 g/mol. The highest BCUT2D eigenvalue weighted by molar-refractivity contribution is 7.54. The first-order chi connectivity index (χ1) is 9.28. The van der Waals surface area contributed by atoms with Crippen molar-refractivity contribution in [1.29, 1.82) is 0 Å². The Morgan fingerprint density at radius 2 is 1.55 bits per heavy atom. The van der Waals surface area contributed by atoms with Crippen molar-refractivity contribution in [3.8, 4) is 0 Å². The second-order valence-corrected chi connectivity index (χ2v) is 7.35. The molecule has 0 spiro atoms. The van der Waals surface area contributed by atoms with Crippen LogP contribution < -0.4 is 0 Å². The molecule has 20 heavy (non-hydrogen) atoms. The zero-order chi connectivity index (χ0) is 15.3. The Morgan fingerprint density at radius 3 is 1.90 bits per heavy atom. The Kier molecular flexibility index (Phi) is 6.70. The number of benzene rings is 1. The van der Waals surface area contributed by atoms with Crippen LogP contribution in [-0.2, 0) is 19.5 Å². The molecule has 1 atom stereocenters. The van der Waals surface area contributed by atoms with E-state index in [0.717, 1.165) is 5.56 Å². The number of hydrogen-bond acceptors (Lipinski definition) is 4. The zero-order valence-electron chi connectivity index (χ0n) is 12.2. The lowest BCUT2D eigenvalue weighted by Crippen LogP contribution is -2.13. The number of alkyl halides is 1. The van der Waals surface area contributed by atoms with Gasteiger partial charge in [-0.25, -0.2) is 0 Å². The summed E-state index contributed by atoms with van der Waals surface area (Å²) in [6.45, 7) is 7.00. The molecule has 1 aromatic carbocycles. The number of aliphatic hydroxyl groups excluding tert-OH is 1. The second-order valence-electron chi connectivity index (χ2n) is 5.10. The summed E-state index contributed by atoms with van der Waals surface area (Å²) in [5, 5.41) is 10.4. The van der Waals surface area contributed by atoms with E-state index in [1.165, 1.54) is 0 Å². The van der Waals surface area contributed by atoms with E-state index >= 15 is 0 Å². The van der Waals surface area contributed by atoms with Crippen LogP contribution in [0.4, 0.5) is 0 Å². The summed E-state index contributed by atoms with van der Waals surface area (Å²) in [7, 11) is -3.65. The molecule has 0 aromatic heterocycles. The van der Waals surface area contributed by atoms with Gasteiger partial charge in [-0.1, -0.05) is 24.3 Å². The quantitative estimate of drug-likeness (QED) is 0.595. The molecular formula is C14H22ClO4P. The molecule has 0 amide bonds. The summed E-state index contributed by atoms with van der Waals surface area (Å²) in [5.74, 6) is -0.921. The first-order valence-electron chi connectivity index (χ1n) is 6.58. The highest BCUT2D eigenvalue weighted by Crippen LogP contribution is 2.61. The van der Waals surface area contributed by atoms with Crippen LogP contribution in [0.5, 0.6) is 0 Å². The summed E-state index contributed by atoms with van der Waals surface area (Å²) in [6.07, 6.45) is -0.618. The molecule has 1 N–H and O–H groups in total. The molecule has 1 unspecified atom stereocenters. The average Bonchev–Trinajstić information content (AvgIpc) is 2.36. The fourth-order valence-corrected chi connectivity index (χ4v) is 3.86. The maximum atomic E-state index is 12.8. The maximum absolute atomic E-state index is 12.8. The first-order valence-corrected chi connectivity index (χ1v) is 8.72. The molecular weight excluding hydrogens is 299 g/mol. The van der Waals surface area contributed by atoms with Gasteiger partial charge >= 0.3 is 7.60 Å². The molecule has 0 radical (unpaired) electrons. The summed E-state index contributed by atoms with van der Waals surface area (Å²) in [6, 6.07) is 6.92. The van der Waals surface area contributed by atoms with Crippen molar-refractivity contribution in [2.45, 2.75) is 51.6 Å². The van der Waals surface area contributed by atoms with Gasteiger partial charge in [0.05, 0.1) is 12.2 Å². The zero-order valence-corrected chi connectivity index (χ0v) is 13.9. The molecule has 114 valence electrons. The minimum absolute atomic E-state index is 0.309. The predicted molar refractivity (Wildman–Crippen MR) is 81.0 cm³/mol. The third-order valence-electron chi connectivity index (χ3n) is 2.45. The molecule has 1 rings (SSSR count). The van der Waals surface area contributed by atoms with Crippen molar-refractivity contribution in [3.63, 3.8) is 0 Å². The van der Waals surface area contributed by atoms with Crippen molar-refractivity contribution in [3.05, 3.63) is 35.4 Å². The summed E-state index contributed by atoms with van der Waals surface area (Å²) >= 11 is 5.72. The van der Waals surface area contributed by atoms with E-state index < -0.39 is 13.4 Å². The average molecular weight is 321 g/mol. The molecule has 0 saturated carbocycles. The van der Waals surface area contributed by atoms with Crippen LogP contribution in [0.3, 0.4) is 0 Å². The van der Waals surface area contributed by atoms with Gasteiger partial charge in [-0.2, -0.15) is 0 Å². The summed E-state index contributed by atoms with van der Waals surface area (Å²) < 4.78 is 23.5. The number of rotatable bonds is 7. The van der Waals surface area contributed by atoms with Gasteiger partial charge in [0, 0.05) is 5.88 Å². The van der Waals surface area contributed by atoms with Crippen LogP contribution in [0.25, 0.3) is 0 Å². The third kappa shape index (κ3) is 4.87. The van der Waals surface area contributed by atoms with E-state index in [0.29, 0.717) is 11.4 Å². The van der Waals surface area contributed by atoms with Gasteiger partial charge in [0.2, 0.25) is 0 Å². The summed E-state index contributed by atoms with van der Waals surface area (Å²) in [4.78, 5) is 0. The Bertz CT molecular complexity index is 445. The minimum atomic E-state index is -3.65. The molecule has 6 heteroatoms. The highest BCUT2D eigenvalue weighted by Gasteiger charge is 2.37. The van der Waals surface area contributed by atoms with Crippen LogP contribution in [0.1, 0.15) is 44.7 Å². The van der Waals surface area contributed by atoms with E-state index in [1.807, 2.05) is 0 Å². The Hall–Kier alpha value is -0.380. The third-order valence-corrected chi connectivity index (χ3v) is 5.08. The molecule has 0 aliphatic carbocycles. The van der Waals surface area contributed by atoms with Gasteiger partial charge in [0.25, 0.3) is 0 Å². The van der Waals surface area contributed by atoms with Crippen LogP contribution in [0, 0.1) is 0 Å². The Morgan fingerprint density at radius 1 is 1.10 bits per heavy atom. The normalized spacial score (nSPS) is 14.0. The van der Waals surface area contributed by atoms with Crippen molar-refractivity contribution < 1.29 is 18.7 Å². The molecule has 0 fully saturated rings. The van der Waals surface area contributed by atoms with Crippen LogP contribution in [-0.4, -0.2) is 17.3 Å². The Balaban J connectivity index is 3.02. The topological polar surface area (TPSA) is 55.8 Å². The van der Waals surface area contributed by atoms with Crippen LogP contribution >= 0.6 is 19.2 Å². The standard InChI is InChI=1S/C14H22ClO4P/c1-10(2)18-20(17,19-11(3)4)14(16)13-7-5-12(9-15)6-8-13/h5-8,10-11,14,16H,9H2,1-4H3. The maximum Gasteiger partial charge on any atom is 0.363 e. The lowest BCUT2D eigenvalue weighted by atomic mass is 10.2. The predicted octanol–water partition coefficient (Wildman–Crippen LogP) is 4.46. The first kappa shape index (κ1) is 17.7. The lowest BCUT2D eigenvalue weighted by molar-refractivity contribution is 0.101. The second kappa shape index (κ2) is 7.58. The van der Waals surface area contributed by atoms with Gasteiger partial charge in [0.1, 0.15) is 0 Å². The van der Waals surface area contributed by atoms with Gasteiger partial charge < -0.3 is 14.2 Å². The van der Waals surface area contributed by atoms with Gasteiger partial charge in [-0.15, -0.1) is 11.6 Å². The van der Waals surface area contributed by atoms with Gasteiger partial charge in [0.15, 0.2) is 5.85 Å². The highest BCUT2D eigenvalue weighted by atomic mass is 35.5. The number of hydrogen-bond donors (Lipinski definition) is 1. The smallest absolute Gasteiger partial charge is 0.363 e. The van der Waals surface area contributed by atoms with E-state index in [1.54, 1.807) is 52.0 Å². The number of halogens is 1. The SMILES string of the molecule is CC(C)OP(=O)(OC(C)C)C(O)c1ccc(CCl)cc1. The van der Waals surface area contributed by atoms with E-state index in [4.69, 9.17) is 20.6 Å².